The number of nitrogen functional groups attached to an aromatic ring is 1. The SMILES string of the molecule is Nc1cc(Cl)c(Oc2ccc3c(c2)CCN(Cc2cccc(F)c2)C3C=O)c(Cl)c1. The van der Waals surface area contributed by atoms with E-state index >= 15 is 0 Å². The van der Waals surface area contributed by atoms with E-state index < -0.39 is 6.04 Å². The molecule has 0 aliphatic carbocycles. The molecule has 1 heterocycles. The molecule has 3 aromatic rings. The molecule has 7 heteroatoms. The van der Waals surface area contributed by atoms with E-state index in [1.54, 1.807) is 24.3 Å². The maximum atomic E-state index is 13.5. The number of benzene rings is 3. The second kappa shape index (κ2) is 8.64. The van der Waals surface area contributed by atoms with Crippen molar-refractivity contribution in [2.75, 3.05) is 12.3 Å². The first-order valence-electron chi connectivity index (χ1n) is 9.43. The van der Waals surface area contributed by atoms with Gasteiger partial charge in [0.25, 0.3) is 0 Å². The highest BCUT2D eigenvalue weighted by Crippen LogP contribution is 2.39. The van der Waals surface area contributed by atoms with E-state index in [0.29, 0.717) is 40.3 Å². The number of hydrogen-bond acceptors (Lipinski definition) is 4. The van der Waals surface area contributed by atoms with Crippen LogP contribution in [0.3, 0.4) is 0 Å². The lowest BCUT2D eigenvalue weighted by Gasteiger charge is -2.34. The van der Waals surface area contributed by atoms with E-state index in [9.17, 15) is 9.18 Å². The van der Waals surface area contributed by atoms with E-state index in [1.807, 2.05) is 23.1 Å². The predicted octanol–water partition coefficient (Wildman–Crippen LogP) is 5.81. The van der Waals surface area contributed by atoms with Gasteiger partial charge < -0.3 is 15.3 Å². The summed E-state index contributed by atoms with van der Waals surface area (Å²) in [4.78, 5) is 13.9. The molecule has 0 spiro atoms. The fraction of sp³-hybridized carbons (Fsp3) is 0.174. The number of nitrogens with zero attached hydrogens (tertiary/aromatic N) is 1. The van der Waals surface area contributed by atoms with Crippen molar-refractivity contribution >= 4 is 35.2 Å². The van der Waals surface area contributed by atoms with Gasteiger partial charge in [0.2, 0.25) is 0 Å². The number of anilines is 1. The summed E-state index contributed by atoms with van der Waals surface area (Å²) in [6.07, 6.45) is 1.65. The minimum absolute atomic E-state index is 0.283. The van der Waals surface area contributed by atoms with Crippen LogP contribution in [-0.2, 0) is 17.8 Å². The molecule has 2 N–H and O–H groups in total. The highest BCUT2D eigenvalue weighted by molar-refractivity contribution is 6.37. The van der Waals surface area contributed by atoms with Crippen LogP contribution < -0.4 is 10.5 Å². The zero-order chi connectivity index (χ0) is 21.3. The lowest BCUT2D eigenvalue weighted by atomic mass is 9.92. The molecule has 0 bridgehead atoms. The number of ether oxygens (including phenoxy) is 1. The van der Waals surface area contributed by atoms with Crippen molar-refractivity contribution in [1.82, 2.24) is 4.90 Å². The topological polar surface area (TPSA) is 55.6 Å². The number of carbonyl (C=O) groups excluding carboxylic acids is 1. The van der Waals surface area contributed by atoms with Gasteiger partial charge in [0.05, 0.1) is 16.1 Å². The molecule has 0 aromatic heterocycles. The Kier molecular flexibility index (Phi) is 5.95. The average Bonchev–Trinajstić information content (AvgIpc) is 2.70. The summed E-state index contributed by atoms with van der Waals surface area (Å²) in [7, 11) is 0. The minimum Gasteiger partial charge on any atom is -0.454 e. The highest BCUT2D eigenvalue weighted by atomic mass is 35.5. The Morgan fingerprint density at radius 1 is 1.13 bits per heavy atom. The molecule has 0 amide bonds. The molecule has 3 aromatic carbocycles. The maximum absolute atomic E-state index is 13.5. The molecule has 0 saturated carbocycles. The van der Waals surface area contributed by atoms with Gasteiger partial charge in [-0.15, -0.1) is 0 Å². The van der Waals surface area contributed by atoms with Gasteiger partial charge in [0.15, 0.2) is 5.75 Å². The second-order valence-corrected chi connectivity index (χ2v) is 8.02. The van der Waals surface area contributed by atoms with Crippen LogP contribution in [0.4, 0.5) is 10.1 Å². The van der Waals surface area contributed by atoms with Gasteiger partial charge >= 0.3 is 0 Å². The van der Waals surface area contributed by atoms with Crippen LogP contribution in [0.1, 0.15) is 22.7 Å². The Morgan fingerprint density at radius 3 is 2.60 bits per heavy atom. The van der Waals surface area contributed by atoms with E-state index in [-0.39, 0.29) is 5.82 Å². The molecule has 0 saturated heterocycles. The number of nitrogens with two attached hydrogens (primary N) is 1. The van der Waals surface area contributed by atoms with Crippen molar-refractivity contribution in [3.8, 4) is 11.5 Å². The first-order valence-corrected chi connectivity index (χ1v) is 10.2. The van der Waals surface area contributed by atoms with Gasteiger partial charge in [-0.25, -0.2) is 4.39 Å². The van der Waals surface area contributed by atoms with E-state index in [2.05, 4.69) is 0 Å². The summed E-state index contributed by atoms with van der Waals surface area (Å²) in [5, 5.41) is 0.648. The number of halogens is 3. The van der Waals surface area contributed by atoms with Crippen molar-refractivity contribution in [1.29, 1.82) is 0 Å². The minimum atomic E-state index is -0.408. The summed E-state index contributed by atoms with van der Waals surface area (Å²) in [5.41, 5.74) is 8.95. The fourth-order valence-electron chi connectivity index (χ4n) is 3.75. The van der Waals surface area contributed by atoms with Crippen molar-refractivity contribution in [3.63, 3.8) is 0 Å². The quantitative estimate of drug-likeness (QED) is 0.398. The van der Waals surface area contributed by atoms with Crippen LogP contribution in [0, 0.1) is 5.82 Å². The van der Waals surface area contributed by atoms with Gasteiger partial charge in [-0.1, -0.05) is 41.4 Å². The molecule has 154 valence electrons. The van der Waals surface area contributed by atoms with Gasteiger partial charge in [0.1, 0.15) is 17.9 Å². The molecule has 0 radical (unpaired) electrons. The summed E-state index contributed by atoms with van der Waals surface area (Å²) in [5.74, 6) is 0.628. The number of fused-ring (bicyclic) bond motifs is 1. The lowest BCUT2D eigenvalue weighted by Crippen LogP contribution is -2.35. The van der Waals surface area contributed by atoms with Gasteiger partial charge in [-0.05, 0) is 59.5 Å². The third kappa shape index (κ3) is 4.29. The summed E-state index contributed by atoms with van der Waals surface area (Å²) < 4.78 is 19.4. The van der Waals surface area contributed by atoms with Gasteiger partial charge in [-0.2, -0.15) is 0 Å². The standard InChI is InChI=1S/C23H19Cl2FN2O2/c24-20-10-17(27)11-21(25)23(20)30-18-4-5-19-15(9-18)6-7-28(22(19)13-29)12-14-2-1-3-16(26)8-14/h1-5,8-11,13,22H,6-7,12,27H2. The zero-order valence-corrected chi connectivity index (χ0v) is 17.5. The zero-order valence-electron chi connectivity index (χ0n) is 15.9. The molecule has 1 unspecified atom stereocenters. The molecule has 4 nitrogen and oxygen atoms in total. The van der Waals surface area contributed by atoms with Crippen molar-refractivity contribution < 1.29 is 13.9 Å². The Bertz CT molecular complexity index is 1080. The Labute approximate surface area is 184 Å². The van der Waals surface area contributed by atoms with Crippen molar-refractivity contribution in [2.45, 2.75) is 19.0 Å². The van der Waals surface area contributed by atoms with Crippen molar-refractivity contribution in [3.05, 3.63) is 87.2 Å². The van der Waals surface area contributed by atoms with Crippen molar-refractivity contribution in [2.24, 2.45) is 0 Å². The Hall–Kier alpha value is -2.60. The first kappa shape index (κ1) is 20.7. The maximum Gasteiger partial charge on any atom is 0.164 e. The monoisotopic (exact) mass is 444 g/mol. The third-order valence-electron chi connectivity index (χ3n) is 5.14. The average molecular weight is 445 g/mol. The van der Waals surface area contributed by atoms with Crippen LogP contribution in [0.25, 0.3) is 0 Å². The molecule has 1 aliphatic rings. The molecule has 1 aliphatic heterocycles. The smallest absolute Gasteiger partial charge is 0.164 e. The lowest BCUT2D eigenvalue weighted by molar-refractivity contribution is -0.113. The highest BCUT2D eigenvalue weighted by Gasteiger charge is 2.27. The van der Waals surface area contributed by atoms with Gasteiger partial charge in [-0.3, -0.25) is 4.90 Å². The molecular weight excluding hydrogens is 426 g/mol. The normalized spacial score (nSPS) is 16.2. The Balaban J connectivity index is 1.57. The number of carbonyl (C=O) groups is 1. The summed E-state index contributed by atoms with van der Waals surface area (Å²) >= 11 is 12.4. The Morgan fingerprint density at radius 2 is 1.90 bits per heavy atom. The van der Waals surface area contributed by atoms with Gasteiger partial charge in [0, 0.05) is 18.8 Å². The van der Waals surface area contributed by atoms with Crippen LogP contribution in [-0.4, -0.2) is 17.7 Å². The molecule has 4 rings (SSSR count). The van der Waals surface area contributed by atoms with Crippen LogP contribution in [0.5, 0.6) is 11.5 Å². The first-order chi connectivity index (χ1) is 14.4. The van der Waals surface area contributed by atoms with E-state index in [0.717, 1.165) is 29.4 Å². The van der Waals surface area contributed by atoms with E-state index in [1.165, 1.54) is 12.1 Å². The number of aldehydes is 1. The summed E-state index contributed by atoms with van der Waals surface area (Å²) in [6, 6.07) is 14.7. The number of rotatable bonds is 5. The summed E-state index contributed by atoms with van der Waals surface area (Å²) in [6.45, 7) is 1.16. The largest absolute Gasteiger partial charge is 0.454 e. The second-order valence-electron chi connectivity index (χ2n) is 7.21. The van der Waals surface area contributed by atoms with Crippen LogP contribution in [0.15, 0.2) is 54.6 Å². The predicted molar refractivity (Wildman–Crippen MR) is 117 cm³/mol. The molecule has 30 heavy (non-hydrogen) atoms. The van der Waals surface area contributed by atoms with Crippen LogP contribution in [0.2, 0.25) is 10.0 Å². The molecular formula is C23H19Cl2FN2O2. The van der Waals surface area contributed by atoms with E-state index in [4.69, 9.17) is 33.7 Å². The number of hydrogen-bond donors (Lipinski definition) is 1. The third-order valence-corrected chi connectivity index (χ3v) is 5.70. The fourth-order valence-corrected chi connectivity index (χ4v) is 4.33. The van der Waals surface area contributed by atoms with Crippen LogP contribution >= 0.6 is 23.2 Å². The molecule has 0 fully saturated rings. The molecule has 1 atom stereocenters.